The van der Waals surface area contributed by atoms with Crippen LogP contribution in [0.2, 0.25) is 0 Å². The van der Waals surface area contributed by atoms with E-state index in [0.29, 0.717) is 6.04 Å². The lowest BCUT2D eigenvalue weighted by Crippen LogP contribution is -2.50. The van der Waals surface area contributed by atoms with Crippen molar-refractivity contribution in [1.82, 2.24) is 9.88 Å². The van der Waals surface area contributed by atoms with Gasteiger partial charge in [0.05, 0.1) is 0 Å². The van der Waals surface area contributed by atoms with E-state index in [9.17, 15) is 0 Å². The summed E-state index contributed by atoms with van der Waals surface area (Å²) in [7, 11) is 0. The molecule has 3 heteroatoms. The van der Waals surface area contributed by atoms with Crippen LogP contribution >= 0.6 is 0 Å². The summed E-state index contributed by atoms with van der Waals surface area (Å²) in [5.41, 5.74) is 2.89. The van der Waals surface area contributed by atoms with Crippen molar-refractivity contribution in [2.24, 2.45) is 5.92 Å². The van der Waals surface area contributed by atoms with Crippen molar-refractivity contribution in [2.45, 2.75) is 51.0 Å². The standard InChI is InChI=1S/C22H29N3/c1-2-6-17(5-1)15-24-11-4-8-20(16-24)25-12-10-19-14-23-13-18-7-3-9-21(25)22(18)19/h3,7,9,13-14,17,20H,1-2,4-6,8,10-12,15-16H2. The van der Waals surface area contributed by atoms with Gasteiger partial charge in [-0.1, -0.05) is 25.0 Å². The third-order valence-electron chi connectivity index (χ3n) is 6.68. The maximum atomic E-state index is 4.44. The van der Waals surface area contributed by atoms with Crippen molar-refractivity contribution in [1.29, 1.82) is 0 Å². The molecule has 1 atom stereocenters. The van der Waals surface area contributed by atoms with E-state index in [1.807, 2.05) is 6.20 Å². The highest BCUT2D eigenvalue weighted by atomic mass is 15.2. The van der Waals surface area contributed by atoms with E-state index in [1.54, 1.807) is 0 Å². The highest BCUT2D eigenvalue weighted by molar-refractivity contribution is 5.97. The van der Waals surface area contributed by atoms with Gasteiger partial charge in [0.1, 0.15) is 0 Å². The predicted octanol–water partition coefficient (Wildman–Crippen LogP) is 4.25. The Morgan fingerprint density at radius 1 is 1.00 bits per heavy atom. The van der Waals surface area contributed by atoms with Gasteiger partial charge in [-0.15, -0.1) is 0 Å². The number of hydrogen-bond donors (Lipinski definition) is 0. The van der Waals surface area contributed by atoms with Gasteiger partial charge in [-0.25, -0.2) is 0 Å². The van der Waals surface area contributed by atoms with Gasteiger partial charge in [0.15, 0.2) is 0 Å². The van der Waals surface area contributed by atoms with Gasteiger partial charge in [0, 0.05) is 54.5 Å². The number of likely N-dealkylation sites (tertiary alicyclic amines) is 1. The largest absolute Gasteiger partial charge is 0.366 e. The first-order chi connectivity index (χ1) is 12.4. The molecule has 0 spiro atoms. The van der Waals surface area contributed by atoms with Crippen LogP contribution in [0.25, 0.3) is 10.8 Å². The molecule has 2 aliphatic heterocycles. The Morgan fingerprint density at radius 3 is 2.84 bits per heavy atom. The molecule has 0 amide bonds. The fraction of sp³-hybridized carbons (Fsp3) is 0.591. The highest BCUT2D eigenvalue weighted by Gasteiger charge is 2.30. The zero-order valence-electron chi connectivity index (χ0n) is 15.2. The molecule has 1 aromatic heterocycles. The summed E-state index contributed by atoms with van der Waals surface area (Å²) in [5.74, 6) is 0.968. The Hall–Kier alpha value is -1.61. The van der Waals surface area contributed by atoms with Crippen LogP contribution in [0.3, 0.4) is 0 Å². The average Bonchev–Trinajstić information content (AvgIpc) is 3.16. The molecule has 3 aliphatic rings. The van der Waals surface area contributed by atoms with E-state index in [1.165, 1.54) is 80.2 Å². The molecule has 132 valence electrons. The normalized spacial score (nSPS) is 25.0. The Bertz CT molecular complexity index is 745. The fourth-order valence-electron chi connectivity index (χ4n) is 5.47. The van der Waals surface area contributed by atoms with E-state index in [2.05, 4.69) is 39.2 Å². The van der Waals surface area contributed by atoms with Gasteiger partial charge in [0.25, 0.3) is 0 Å². The second-order valence-corrected chi connectivity index (χ2v) is 8.32. The van der Waals surface area contributed by atoms with Crippen LogP contribution in [-0.4, -0.2) is 42.1 Å². The van der Waals surface area contributed by atoms with Crippen molar-refractivity contribution >= 4 is 16.5 Å². The smallest absolute Gasteiger partial charge is 0.0452 e. The molecule has 1 unspecified atom stereocenters. The number of hydrogen-bond acceptors (Lipinski definition) is 3. The van der Waals surface area contributed by atoms with Crippen LogP contribution in [0, 0.1) is 5.92 Å². The van der Waals surface area contributed by atoms with Crippen molar-refractivity contribution in [3.8, 4) is 0 Å². The minimum atomic E-state index is 0.682. The van der Waals surface area contributed by atoms with Gasteiger partial charge in [0.2, 0.25) is 0 Å². The number of benzene rings is 1. The molecule has 0 radical (unpaired) electrons. The molecular formula is C22H29N3. The van der Waals surface area contributed by atoms with Gasteiger partial charge >= 0.3 is 0 Å². The third kappa shape index (κ3) is 2.93. The highest BCUT2D eigenvalue weighted by Crippen LogP contribution is 2.36. The summed E-state index contributed by atoms with van der Waals surface area (Å²) in [4.78, 5) is 9.93. The van der Waals surface area contributed by atoms with Crippen LogP contribution in [0.15, 0.2) is 30.6 Å². The molecule has 3 heterocycles. The molecule has 1 saturated heterocycles. The third-order valence-corrected chi connectivity index (χ3v) is 6.68. The van der Waals surface area contributed by atoms with Crippen LogP contribution in [0.4, 0.5) is 5.69 Å². The lowest BCUT2D eigenvalue weighted by Gasteiger charge is -2.43. The van der Waals surface area contributed by atoms with Crippen LogP contribution in [-0.2, 0) is 6.42 Å². The summed E-state index contributed by atoms with van der Waals surface area (Å²) in [6.07, 6.45) is 13.8. The molecule has 5 rings (SSSR count). The van der Waals surface area contributed by atoms with E-state index in [-0.39, 0.29) is 0 Å². The predicted molar refractivity (Wildman–Crippen MR) is 104 cm³/mol. The number of rotatable bonds is 3. The quantitative estimate of drug-likeness (QED) is 0.836. The van der Waals surface area contributed by atoms with Gasteiger partial charge in [-0.2, -0.15) is 0 Å². The number of pyridine rings is 1. The zero-order valence-corrected chi connectivity index (χ0v) is 15.2. The number of piperidine rings is 1. The monoisotopic (exact) mass is 335 g/mol. The van der Waals surface area contributed by atoms with E-state index in [4.69, 9.17) is 0 Å². The van der Waals surface area contributed by atoms with E-state index < -0.39 is 0 Å². The molecular weight excluding hydrogens is 306 g/mol. The molecule has 0 bridgehead atoms. The molecule has 2 fully saturated rings. The Labute approximate surface area is 151 Å². The van der Waals surface area contributed by atoms with Gasteiger partial charge < -0.3 is 9.80 Å². The molecule has 1 aromatic carbocycles. The second-order valence-electron chi connectivity index (χ2n) is 8.32. The van der Waals surface area contributed by atoms with E-state index >= 15 is 0 Å². The number of anilines is 1. The first kappa shape index (κ1) is 15.6. The average molecular weight is 335 g/mol. The lowest BCUT2D eigenvalue weighted by atomic mass is 9.94. The van der Waals surface area contributed by atoms with Gasteiger partial charge in [-0.3, -0.25) is 4.98 Å². The fourth-order valence-corrected chi connectivity index (χ4v) is 5.47. The Morgan fingerprint density at radius 2 is 1.92 bits per heavy atom. The molecule has 1 aliphatic carbocycles. The first-order valence-corrected chi connectivity index (χ1v) is 10.2. The topological polar surface area (TPSA) is 19.4 Å². The maximum absolute atomic E-state index is 4.44. The summed E-state index contributed by atoms with van der Waals surface area (Å²) >= 11 is 0. The van der Waals surface area contributed by atoms with E-state index in [0.717, 1.165) is 18.9 Å². The first-order valence-electron chi connectivity index (χ1n) is 10.2. The summed E-state index contributed by atoms with van der Waals surface area (Å²) in [6.45, 7) is 5.06. The van der Waals surface area contributed by atoms with Gasteiger partial charge in [-0.05, 0) is 56.2 Å². The molecule has 1 saturated carbocycles. The summed E-state index contributed by atoms with van der Waals surface area (Å²) < 4.78 is 0. The van der Waals surface area contributed by atoms with Crippen LogP contribution < -0.4 is 4.90 Å². The second kappa shape index (κ2) is 6.60. The van der Waals surface area contributed by atoms with Crippen LogP contribution in [0.5, 0.6) is 0 Å². The molecule has 25 heavy (non-hydrogen) atoms. The van der Waals surface area contributed by atoms with Crippen molar-refractivity contribution in [3.63, 3.8) is 0 Å². The SMILES string of the molecule is c1cc2c3c(cncc3c1)CCN2C1CCCN(CC2CCCC2)C1. The molecule has 0 N–H and O–H groups in total. The zero-order chi connectivity index (χ0) is 16.6. The molecule has 2 aromatic rings. The van der Waals surface area contributed by atoms with Crippen molar-refractivity contribution in [2.75, 3.05) is 31.1 Å². The van der Waals surface area contributed by atoms with Crippen molar-refractivity contribution < 1.29 is 0 Å². The van der Waals surface area contributed by atoms with Crippen LogP contribution in [0.1, 0.15) is 44.1 Å². The minimum absolute atomic E-state index is 0.682. The minimum Gasteiger partial charge on any atom is -0.366 e. The number of nitrogens with zero attached hydrogens (tertiary/aromatic N) is 3. The Kier molecular flexibility index (Phi) is 4.13. The summed E-state index contributed by atoms with van der Waals surface area (Å²) in [6, 6.07) is 7.44. The Balaban J connectivity index is 1.39. The molecule has 3 nitrogen and oxygen atoms in total. The summed E-state index contributed by atoms with van der Waals surface area (Å²) in [5, 5.41) is 2.76. The number of aromatic nitrogens is 1. The van der Waals surface area contributed by atoms with Crippen molar-refractivity contribution in [3.05, 3.63) is 36.2 Å². The maximum Gasteiger partial charge on any atom is 0.0452 e. The lowest BCUT2D eigenvalue weighted by molar-refractivity contribution is 0.176.